The summed E-state index contributed by atoms with van der Waals surface area (Å²) in [6, 6.07) is 23.2. The normalized spacial score (nSPS) is 10.2. The van der Waals surface area contributed by atoms with E-state index in [9.17, 15) is 24.4 Å². The average molecular weight is 975 g/mol. The maximum atomic E-state index is 12.1. The largest absolute Gasteiger partial charge is 0.464 e. The Kier molecular flexibility index (Phi) is 16.3. The van der Waals surface area contributed by atoms with Gasteiger partial charge < -0.3 is 37.1 Å². The van der Waals surface area contributed by atoms with E-state index in [0.717, 1.165) is 5.56 Å². The number of rotatable bonds is 9. The van der Waals surface area contributed by atoms with Gasteiger partial charge in [0.15, 0.2) is 33.8 Å². The van der Waals surface area contributed by atoms with Crippen LogP contribution in [0.2, 0.25) is 0 Å². The average Bonchev–Trinajstić information content (AvgIpc) is 3.80. The minimum Gasteiger partial charge on any atom is -0.464 e. The molecule has 0 fully saturated rings. The number of ether oxygens (including phenoxy) is 1. The van der Waals surface area contributed by atoms with E-state index in [1.54, 1.807) is 89.0 Å². The Balaban J connectivity index is 0.000000207. The van der Waals surface area contributed by atoms with Crippen molar-refractivity contribution in [2.24, 2.45) is 5.84 Å². The number of hydrazine groups is 1. The molecule has 0 saturated heterocycles. The molecule has 0 aliphatic carbocycles. The summed E-state index contributed by atoms with van der Waals surface area (Å²) in [6.07, 6.45) is 4.43. The first-order valence-corrected chi connectivity index (χ1v) is 20.5. The number of nitrogens with two attached hydrogens (primary N) is 4. The molecule has 7 rings (SSSR count). The van der Waals surface area contributed by atoms with Crippen molar-refractivity contribution in [3.63, 3.8) is 0 Å². The number of methoxy groups -OCH3 is 1. The van der Waals surface area contributed by atoms with Gasteiger partial charge in [0, 0.05) is 50.4 Å². The fourth-order valence-electron chi connectivity index (χ4n) is 5.35. The summed E-state index contributed by atoms with van der Waals surface area (Å²) in [6.45, 7) is 0. The third-order valence-electron chi connectivity index (χ3n) is 8.68. The number of benzene rings is 3. The van der Waals surface area contributed by atoms with Crippen LogP contribution in [0, 0.1) is 11.3 Å². The van der Waals surface area contributed by atoms with E-state index < -0.39 is 11.9 Å². The summed E-state index contributed by atoms with van der Waals surface area (Å²) in [5, 5.41) is 21.7. The smallest absolute Gasteiger partial charge is 0.360 e. The summed E-state index contributed by atoms with van der Waals surface area (Å²) in [5.41, 5.74) is 24.2. The molecule has 0 saturated carbocycles. The lowest BCUT2D eigenvalue weighted by atomic mass is 10.1. The van der Waals surface area contributed by atoms with Crippen LogP contribution in [0.3, 0.4) is 0 Å². The zero-order valence-electron chi connectivity index (χ0n) is 35.7. The first-order valence-electron chi connectivity index (χ1n) is 18.9. The molecular weight excluding hydrogens is 935 g/mol. The van der Waals surface area contributed by atoms with Crippen molar-refractivity contribution in [1.29, 1.82) is 5.26 Å². The molecule has 3 amide bonds. The lowest BCUT2D eigenvalue weighted by Gasteiger charge is -2.10. The quantitative estimate of drug-likeness (QED) is 0.0511. The highest BCUT2D eigenvalue weighted by Crippen LogP contribution is 2.32. The predicted molar refractivity (Wildman–Crippen MR) is 250 cm³/mol. The number of esters is 1. The van der Waals surface area contributed by atoms with Gasteiger partial charge in [0.2, 0.25) is 5.13 Å². The van der Waals surface area contributed by atoms with Gasteiger partial charge in [-0.3, -0.25) is 19.8 Å². The van der Waals surface area contributed by atoms with E-state index in [-0.39, 0.29) is 40.7 Å². The number of aromatic nitrogens is 8. The Morgan fingerprint density at radius 3 is 1.79 bits per heavy atom. The number of nitrogens with zero attached hydrogens (tertiary/aromatic N) is 11. The second kappa shape index (κ2) is 22.2. The van der Waals surface area contributed by atoms with Gasteiger partial charge in [-0.25, -0.2) is 40.5 Å². The molecule has 7 aromatic rings. The third kappa shape index (κ3) is 12.1. The molecule has 0 unspecified atom stereocenters. The standard InChI is InChI=1S/C22H18N8OS.C14H16N6O2.C6H6BrN3O2/c1-30(2)21(31)14-9-7-13(8-10-14)17-12-25-19(24)18(26-17)20-28-29-22(32-20)27-16-6-4-3-5-15(16)11-23;1-20(2)14(22)9-5-3-8(4-6-9)10-7-17-12(15)11(18-10)13(21)19-16;1-12-6(11)4-5(8)9-2-3(7)10-4/h3-10,12H,1-2H3,(H2,24,25)(H,27,29);3-7H,16H2,1-2H3,(H2,15,17)(H,19,21);2H,1H3,(H2,8,9). The van der Waals surface area contributed by atoms with E-state index >= 15 is 0 Å². The van der Waals surface area contributed by atoms with Crippen LogP contribution in [-0.2, 0) is 4.74 Å². The second-order valence-electron chi connectivity index (χ2n) is 13.6. The molecule has 4 aromatic heterocycles. The molecule has 66 heavy (non-hydrogen) atoms. The molecule has 24 heteroatoms. The van der Waals surface area contributed by atoms with Crippen molar-refractivity contribution in [1.82, 2.24) is 55.3 Å². The summed E-state index contributed by atoms with van der Waals surface area (Å²) in [5.74, 6) is 3.97. The van der Waals surface area contributed by atoms with Gasteiger partial charge in [-0.05, 0) is 52.3 Å². The summed E-state index contributed by atoms with van der Waals surface area (Å²) in [4.78, 5) is 73.9. The highest BCUT2D eigenvalue weighted by Gasteiger charge is 2.18. The molecular formula is C42H40BrN17O5S. The van der Waals surface area contributed by atoms with Crippen LogP contribution in [0.25, 0.3) is 33.2 Å². The van der Waals surface area contributed by atoms with E-state index in [4.69, 9.17) is 23.0 Å². The van der Waals surface area contributed by atoms with Crippen LogP contribution in [0.5, 0.6) is 0 Å². The van der Waals surface area contributed by atoms with Crippen molar-refractivity contribution in [2.45, 2.75) is 0 Å². The van der Waals surface area contributed by atoms with Gasteiger partial charge in [-0.2, -0.15) is 5.26 Å². The maximum absolute atomic E-state index is 12.1. The Morgan fingerprint density at radius 2 is 1.24 bits per heavy atom. The summed E-state index contributed by atoms with van der Waals surface area (Å²) >= 11 is 4.31. The monoisotopic (exact) mass is 973 g/mol. The Labute approximate surface area is 389 Å². The minimum atomic E-state index is -0.619. The van der Waals surface area contributed by atoms with E-state index in [2.05, 4.69) is 72.2 Å². The van der Waals surface area contributed by atoms with Crippen LogP contribution in [0.15, 0.2) is 96.0 Å². The summed E-state index contributed by atoms with van der Waals surface area (Å²) in [7, 11) is 8.03. The zero-order valence-corrected chi connectivity index (χ0v) is 38.1. The second-order valence-corrected chi connectivity index (χ2v) is 15.4. The molecule has 3 aromatic carbocycles. The maximum Gasteiger partial charge on any atom is 0.360 e. The molecule has 0 radical (unpaired) electrons. The number of carbonyl (C=O) groups is 4. The topological polar surface area (TPSA) is 339 Å². The number of para-hydroxylation sites is 1. The van der Waals surface area contributed by atoms with Gasteiger partial charge in [-0.1, -0.05) is 47.7 Å². The van der Waals surface area contributed by atoms with Gasteiger partial charge in [0.25, 0.3) is 17.7 Å². The molecule has 0 atom stereocenters. The fourth-order valence-corrected chi connectivity index (χ4v) is 6.38. The highest BCUT2D eigenvalue weighted by atomic mass is 79.9. The van der Waals surface area contributed by atoms with Crippen LogP contribution in [0.4, 0.5) is 28.3 Å². The number of hydrogen-bond acceptors (Lipinski definition) is 20. The van der Waals surface area contributed by atoms with Crippen LogP contribution in [0.1, 0.15) is 47.3 Å². The van der Waals surface area contributed by atoms with Crippen LogP contribution < -0.4 is 33.8 Å². The molecule has 10 N–H and O–H groups in total. The summed E-state index contributed by atoms with van der Waals surface area (Å²) < 4.78 is 4.87. The first-order chi connectivity index (χ1) is 31.5. The van der Waals surface area contributed by atoms with E-state index in [1.807, 2.05) is 23.6 Å². The van der Waals surface area contributed by atoms with Gasteiger partial charge in [0.05, 0.1) is 48.3 Å². The number of hydrogen-bond donors (Lipinski definition) is 6. The highest BCUT2D eigenvalue weighted by molar-refractivity contribution is 9.10. The van der Waals surface area contributed by atoms with Gasteiger partial charge in [-0.15, -0.1) is 10.2 Å². The molecule has 336 valence electrons. The van der Waals surface area contributed by atoms with Crippen LogP contribution >= 0.6 is 27.3 Å². The van der Waals surface area contributed by atoms with Crippen molar-refractivity contribution < 1.29 is 23.9 Å². The number of amides is 3. The molecule has 22 nitrogen and oxygen atoms in total. The SMILES string of the molecule is CN(C)C(=O)c1ccc(-c2cnc(N)c(-c3nnc(Nc4ccccc4C#N)s3)n2)cc1.CN(C)C(=O)c1ccc(-c2cnc(N)c(C(=O)NN)n2)cc1.COC(=O)c1nc(Br)cnc1N. The molecule has 4 heterocycles. The van der Waals surface area contributed by atoms with Gasteiger partial charge >= 0.3 is 5.97 Å². The van der Waals surface area contributed by atoms with Crippen molar-refractivity contribution in [2.75, 3.05) is 57.8 Å². The molecule has 0 aliphatic heterocycles. The van der Waals surface area contributed by atoms with Crippen LogP contribution in [-0.4, -0.2) is 109 Å². The minimum absolute atomic E-state index is 0.00824. The number of nitrogen functional groups attached to an aromatic ring is 4. The van der Waals surface area contributed by atoms with E-state index in [1.165, 1.54) is 40.6 Å². The number of halogens is 1. The Bertz CT molecular complexity index is 2930. The Morgan fingerprint density at radius 1 is 0.712 bits per heavy atom. The zero-order chi connectivity index (χ0) is 48.1. The number of carbonyl (C=O) groups excluding carboxylic acids is 4. The Hall–Kier alpha value is -8.53. The van der Waals surface area contributed by atoms with Crippen molar-refractivity contribution in [3.05, 3.63) is 124 Å². The van der Waals surface area contributed by atoms with E-state index in [0.29, 0.717) is 59.8 Å². The van der Waals surface area contributed by atoms with Crippen molar-refractivity contribution in [3.8, 4) is 39.3 Å². The number of nitrogens with one attached hydrogen (secondary N) is 2. The third-order valence-corrected chi connectivity index (χ3v) is 9.91. The fraction of sp³-hybridized carbons (Fsp3) is 0.119. The lowest BCUT2D eigenvalue weighted by molar-refractivity contribution is 0.0594. The lowest BCUT2D eigenvalue weighted by Crippen LogP contribution is -2.31. The predicted octanol–water partition coefficient (Wildman–Crippen LogP) is 4.20. The van der Waals surface area contributed by atoms with Crippen molar-refractivity contribution >= 4 is 79.2 Å². The molecule has 0 aliphatic rings. The number of anilines is 5. The number of nitriles is 1. The molecule has 0 spiro atoms. The molecule has 0 bridgehead atoms. The van der Waals surface area contributed by atoms with Gasteiger partial charge in [0.1, 0.15) is 16.4 Å². The first kappa shape index (κ1) is 48.5.